The molecule has 2 heterocycles. The van der Waals surface area contributed by atoms with E-state index in [1.807, 2.05) is 0 Å². The van der Waals surface area contributed by atoms with Crippen LogP contribution in [0.25, 0.3) is 0 Å². The second-order valence-electron chi connectivity index (χ2n) is 8.50. The van der Waals surface area contributed by atoms with Crippen LogP contribution < -0.4 is 5.32 Å². The molecule has 0 aromatic heterocycles. The van der Waals surface area contributed by atoms with E-state index in [0.29, 0.717) is 25.9 Å². The summed E-state index contributed by atoms with van der Waals surface area (Å²) in [5.41, 5.74) is 1.32. The number of rotatable bonds is 6. The summed E-state index contributed by atoms with van der Waals surface area (Å²) >= 11 is 0. The molecular formula is C22H32FN3O3S. The lowest BCUT2D eigenvalue weighted by molar-refractivity contribution is -0.127. The Morgan fingerprint density at radius 3 is 2.23 bits per heavy atom. The van der Waals surface area contributed by atoms with Gasteiger partial charge in [-0.05, 0) is 63.8 Å². The van der Waals surface area contributed by atoms with Gasteiger partial charge in [-0.15, -0.1) is 0 Å². The largest absolute Gasteiger partial charge is 0.353 e. The van der Waals surface area contributed by atoms with Gasteiger partial charge in [-0.3, -0.25) is 9.69 Å². The molecule has 1 amide bonds. The molecule has 30 heavy (non-hydrogen) atoms. The van der Waals surface area contributed by atoms with Gasteiger partial charge in [-0.2, -0.15) is 4.31 Å². The summed E-state index contributed by atoms with van der Waals surface area (Å²) in [6.07, 6.45) is 5.13. The average Bonchev–Trinajstić information content (AvgIpc) is 2.73. The van der Waals surface area contributed by atoms with Crippen LogP contribution in [-0.2, 0) is 14.8 Å². The minimum Gasteiger partial charge on any atom is -0.353 e. The van der Waals surface area contributed by atoms with Crippen LogP contribution in [0.3, 0.4) is 0 Å². The number of nitrogens with zero attached hydrogens (tertiary/aromatic N) is 2. The zero-order chi connectivity index (χ0) is 21.7. The summed E-state index contributed by atoms with van der Waals surface area (Å²) in [5.74, 6) is -0.586. The third-order valence-electron chi connectivity index (χ3n) is 5.97. The molecule has 0 saturated carbocycles. The molecule has 8 heteroatoms. The van der Waals surface area contributed by atoms with Gasteiger partial charge in [-0.1, -0.05) is 11.6 Å². The zero-order valence-electron chi connectivity index (χ0n) is 17.8. The van der Waals surface area contributed by atoms with Crippen molar-refractivity contribution in [2.24, 2.45) is 5.92 Å². The lowest BCUT2D eigenvalue weighted by Crippen LogP contribution is -2.48. The van der Waals surface area contributed by atoms with Crippen LogP contribution in [0.2, 0.25) is 0 Å². The number of hydrogen-bond donors (Lipinski definition) is 1. The Hall–Kier alpha value is -1.77. The summed E-state index contributed by atoms with van der Waals surface area (Å²) in [4.78, 5) is 15.2. The fourth-order valence-corrected chi connectivity index (χ4v) is 5.47. The van der Waals surface area contributed by atoms with E-state index in [9.17, 15) is 17.6 Å². The topological polar surface area (TPSA) is 69.7 Å². The third-order valence-corrected chi connectivity index (χ3v) is 7.88. The summed E-state index contributed by atoms with van der Waals surface area (Å²) in [5, 5.41) is 3.17. The molecule has 1 aromatic rings. The number of halogens is 1. The molecule has 0 atom stereocenters. The highest BCUT2D eigenvalue weighted by atomic mass is 32.2. The van der Waals surface area contributed by atoms with Crippen LogP contribution >= 0.6 is 0 Å². The van der Waals surface area contributed by atoms with Gasteiger partial charge in [0.25, 0.3) is 0 Å². The van der Waals surface area contributed by atoms with Gasteiger partial charge in [0.15, 0.2) is 0 Å². The normalized spacial score (nSPS) is 20.1. The number of benzene rings is 1. The number of nitrogens with one attached hydrogen (secondary N) is 1. The van der Waals surface area contributed by atoms with Crippen molar-refractivity contribution in [3.8, 4) is 0 Å². The summed E-state index contributed by atoms with van der Waals surface area (Å²) < 4.78 is 39.9. The molecule has 0 radical (unpaired) electrons. The number of likely N-dealkylation sites (tertiary alicyclic amines) is 1. The van der Waals surface area contributed by atoms with Gasteiger partial charge in [0.1, 0.15) is 5.82 Å². The molecular weight excluding hydrogens is 405 g/mol. The molecule has 0 unspecified atom stereocenters. The number of sulfonamides is 1. The van der Waals surface area contributed by atoms with E-state index in [0.717, 1.165) is 44.6 Å². The van der Waals surface area contributed by atoms with Gasteiger partial charge in [0.2, 0.25) is 15.9 Å². The van der Waals surface area contributed by atoms with Gasteiger partial charge >= 0.3 is 0 Å². The van der Waals surface area contributed by atoms with Crippen molar-refractivity contribution < 1.29 is 17.6 Å². The number of hydrogen-bond acceptors (Lipinski definition) is 4. The number of allylic oxidation sites excluding steroid dienone is 1. The molecule has 6 nitrogen and oxygen atoms in total. The van der Waals surface area contributed by atoms with Crippen molar-refractivity contribution in [3.63, 3.8) is 0 Å². The monoisotopic (exact) mass is 437 g/mol. The lowest BCUT2D eigenvalue weighted by atomic mass is 9.96. The van der Waals surface area contributed by atoms with Crippen LogP contribution in [0.1, 0.15) is 39.5 Å². The molecule has 0 aliphatic carbocycles. The molecule has 0 bridgehead atoms. The van der Waals surface area contributed by atoms with Crippen LogP contribution in [0.15, 0.2) is 40.8 Å². The molecule has 0 spiro atoms. The van der Waals surface area contributed by atoms with Crippen molar-refractivity contribution in [1.82, 2.24) is 14.5 Å². The molecule has 2 fully saturated rings. The van der Waals surface area contributed by atoms with E-state index < -0.39 is 15.8 Å². The van der Waals surface area contributed by atoms with E-state index in [1.54, 1.807) is 0 Å². The van der Waals surface area contributed by atoms with Crippen LogP contribution in [0, 0.1) is 11.7 Å². The quantitative estimate of drug-likeness (QED) is 0.695. The van der Waals surface area contributed by atoms with E-state index in [2.05, 4.69) is 30.1 Å². The molecule has 1 aromatic carbocycles. The molecule has 1 N–H and O–H groups in total. The molecule has 3 rings (SSSR count). The van der Waals surface area contributed by atoms with Gasteiger partial charge in [0, 0.05) is 44.7 Å². The maximum Gasteiger partial charge on any atom is 0.243 e. The van der Waals surface area contributed by atoms with E-state index in [1.165, 1.54) is 22.0 Å². The number of carbonyl (C=O) groups is 1. The highest BCUT2D eigenvalue weighted by Gasteiger charge is 2.33. The second kappa shape index (κ2) is 10.0. The Balaban J connectivity index is 1.45. The molecule has 2 aliphatic heterocycles. The van der Waals surface area contributed by atoms with Gasteiger partial charge < -0.3 is 5.32 Å². The van der Waals surface area contributed by atoms with E-state index >= 15 is 0 Å². The van der Waals surface area contributed by atoms with Crippen molar-refractivity contribution in [2.75, 3.05) is 32.7 Å². The molecule has 2 aliphatic rings. The Bertz CT molecular complexity index is 850. The summed E-state index contributed by atoms with van der Waals surface area (Å²) in [6.45, 7) is 7.72. The van der Waals surface area contributed by atoms with Crippen molar-refractivity contribution >= 4 is 15.9 Å². The van der Waals surface area contributed by atoms with Gasteiger partial charge in [-0.25, -0.2) is 12.8 Å². The maximum absolute atomic E-state index is 13.1. The van der Waals surface area contributed by atoms with Crippen LogP contribution in [0.4, 0.5) is 4.39 Å². The Morgan fingerprint density at radius 2 is 1.67 bits per heavy atom. The highest BCUT2D eigenvalue weighted by Crippen LogP contribution is 2.24. The van der Waals surface area contributed by atoms with Crippen molar-refractivity contribution in [3.05, 3.63) is 41.7 Å². The number of piperidine rings is 2. The van der Waals surface area contributed by atoms with Crippen LogP contribution in [-0.4, -0.2) is 62.3 Å². The summed E-state index contributed by atoms with van der Waals surface area (Å²) in [7, 11) is -3.65. The first-order valence-corrected chi connectivity index (χ1v) is 12.1. The van der Waals surface area contributed by atoms with Crippen molar-refractivity contribution in [2.45, 2.75) is 50.5 Å². The molecule has 2 saturated heterocycles. The average molecular weight is 438 g/mol. The first-order chi connectivity index (χ1) is 14.3. The number of carbonyl (C=O) groups excluding carboxylic acids is 1. The predicted octanol–water partition coefficient (Wildman–Crippen LogP) is 2.77. The Labute approximate surface area is 179 Å². The van der Waals surface area contributed by atoms with Crippen molar-refractivity contribution in [1.29, 1.82) is 0 Å². The predicted molar refractivity (Wildman–Crippen MR) is 115 cm³/mol. The fourth-order valence-electron chi connectivity index (χ4n) is 4.00. The standard InChI is InChI=1S/C22H32FN3O3S/c1-17(2)7-12-25-13-10-20(11-14-25)24-22(27)18-8-15-26(16-9-18)30(28,29)21-5-3-19(23)4-6-21/h3-7,18,20H,8-16H2,1-2H3,(H,24,27). The zero-order valence-corrected chi connectivity index (χ0v) is 18.6. The Morgan fingerprint density at radius 1 is 1.07 bits per heavy atom. The third kappa shape index (κ3) is 5.89. The fraction of sp³-hybridized carbons (Fsp3) is 0.591. The van der Waals surface area contributed by atoms with Gasteiger partial charge in [0.05, 0.1) is 4.90 Å². The first kappa shape index (κ1) is 22.9. The minimum absolute atomic E-state index is 0.0385. The maximum atomic E-state index is 13.1. The highest BCUT2D eigenvalue weighted by molar-refractivity contribution is 7.89. The smallest absolute Gasteiger partial charge is 0.243 e. The minimum atomic E-state index is -3.65. The Kier molecular flexibility index (Phi) is 7.65. The second-order valence-corrected chi connectivity index (χ2v) is 10.4. The van der Waals surface area contributed by atoms with Crippen LogP contribution in [0.5, 0.6) is 0 Å². The SMILES string of the molecule is CC(C)=CCN1CCC(NC(=O)C2CCN(S(=O)(=O)c3ccc(F)cc3)CC2)CC1. The number of amides is 1. The summed E-state index contributed by atoms with van der Waals surface area (Å²) in [6, 6.07) is 5.07. The molecule has 166 valence electrons. The van der Waals surface area contributed by atoms with E-state index in [-0.39, 0.29) is 22.8 Å². The first-order valence-electron chi connectivity index (χ1n) is 10.7. The lowest BCUT2D eigenvalue weighted by Gasteiger charge is -2.34. The van der Waals surface area contributed by atoms with E-state index in [4.69, 9.17) is 0 Å².